The lowest BCUT2D eigenvalue weighted by molar-refractivity contribution is 0.0973. The summed E-state index contributed by atoms with van der Waals surface area (Å²) < 4.78 is 35.8. The molecule has 2 fully saturated rings. The Balaban J connectivity index is 1.32. The molecule has 11 heteroatoms. The highest BCUT2D eigenvalue weighted by atomic mass is 32.2. The van der Waals surface area contributed by atoms with Gasteiger partial charge in [0.25, 0.3) is 0 Å². The summed E-state index contributed by atoms with van der Waals surface area (Å²) in [6.07, 6.45) is 0.648. The fraction of sp³-hybridized carbons (Fsp3) is 0.424. The van der Waals surface area contributed by atoms with E-state index in [2.05, 4.69) is 41.8 Å². The third-order valence-corrected chi connectivity index (χ3v) is 9.78. The van der Waals surface area contributed by atoms with Gasteiger partial charge >= 0.3 is 0 Å². The van der Waals surface area contributed by atoms with Crippen LogP contribution in [0.1, 0.15) is 30.5 Å². The maximum absolute atomic E-state index is 12.2. The van der Waals surface area contributed by atoms with E-state index in [0.717, 1.165) is 52.2 Å². The van der Waals surface area contributed by atoms with Crippen molar-refractivity contribution in [2.45, 2.75) is 38.1 Å². The van der Waals surface area contributed by atoms with Crippen molar-refractivity contribution in [1.82, 2.24) is 15.0 Å². The number of morpholine rings is 2. The first-order valence-electron chi connectivity index (χ1n) is 15.2. The Labute approximate surface area is 258 Å². The van der Waals surface area contributed by atoms with E-state index in [4.69, 9.17) is 29.5 Å². The molecule has 0 spiro atoms. The van der Waals surface area contributed by atoms with E-state index >= 15 is 0 Å². The van der Waals surface area contributed by atoms with E-state index in [9.17, 15) is 8.42 Å². The van der Waals surface area contributed by atoms with Gasteiger partial charge in [-0.05, 0) is 55.2 Å². The Kier molecular flexibility index (Phi) is 9.08. The van der Waals surface area contributed by atoms with Crippen molar-refractivity contribution in [3.8, 4) is 11.3 Å². The van der Waals surface area contributed by atoms with Crippen LogP contribution < -0.4 is 9.80 Å². The molecular weight excluding hydrogens is 578 g/mol. The van der Waals surface area contributed by atoms with E-state index in [0.29, 0.717) is 44.4 Å². The molecule has 0 saturated carbocycles. The van der Waals surface area contributed by atoms with Crippen molar-refractivity contribution in [3.63, 3.8) is 0 Å². The molecule has 2 saturated heterocycles. The molecule has 232 valence electrons. The van der Waals surface area contributed by atoms with Gasteiger partial charge in [-0.3, -0.25) is 0 Å². The Hall–Kier alpha value is -3.64. The highest BCUT2D eigenvalue weighted by molar-refractivity contribution is 7.90. The van der Waals surface area contributed by atoms with Crippen molar-refractivity contribution in [1.29, 1.82) is 0 Å². The van der Waals surface area contributed by atoms with Crippen LogP contribution in [0.25, 0.3) is 22.3 Å². The van der Waals surface area contributed by atoms with Gasteiger partial charge in [-0.2, -0.15) is 9.97 Å². The molecule has 0 unspecified atom stereocenters. The monoisotopic (exact) mass is 617 g/mol. The molecule has 0 bridgehead atoms. The van der Waals surface area contributed by atoms with E-state index < -0.39 is 9.84 Å². The number of benzene rings is 2. The summed E-state index contributed by atoms with van der Waals surface area (Å²) >= 11 is 0. The lowest BCUT2D eigenvalue weighted by Gasteiger charge is -2.37. The van der Waals surface area contributed by atoms with Gasteiger partial charge in [0.15, 0.2) is 15.5 Å². The van der Waals surface area contributed by atoms with Crippen LogP contribution in [0.2, 0.25) is 0 Å². The zero-order chi connectivity index (χ0) is 30.7. The van der Waals surface area contributed by atoms with Gasteiger partial charge in [-0.15, -0.1) is 0 Å². The van der Waals surface area contributed by atoms with Crippen LogP contribution in [0.15, 0.2) is 60.7 Å². The van der Waals surface area contributed by atoms with Crippen LogP contribution in [0.3, 0.4) is 0 Å². The molecule has 0 aliphatic carbocycles. The lowest BCUT2D eigenvalue weighted by Crippen LogP contribution is -2.46. The number of nitrogens with zero attached hydrogens (tertiary/aromatic N) is 5. The van der Waals surface area contributed by atoms with E-state index in [1.165, 1.54) is 0 Å². The molecule has 1 N–H and O–H groups in total. The molecule has 2 atom stereocenters. The van der Waals surface area contributed by atoms with Crippen LogP contribution >= 0.6 is 0 Å². The van der Waals surface area contributed by atoms with Crippen molar-refractivity contribution in [2.75, 3.05) is 61.7 Å². The van der Waals surface area contributed by atoms with Gasteiger partial charge in [-0.25, -0.2) is 13.4 Å². The molecule has 6 rings (SSSR count). The summed E-state index contributed by atoms with van der Waals surface area (Å²) in [4.78, 5) is 19.7. The summed E-state index contributed by atoms with van der Waals surface area (Å²) in [6, 6.07) is 20.3. The molecule has 2 aromatic heterocycles. The van der Waals surface area contributed by atoms with E-state index in [-0.39, 0.29) is 30.2 Å². The summed E-state index contributed by atoms with van der Waals surface area (Å²) in [5, 5.41) is 9.98. The number of aromatic nitrogens is 3. The molecule has 2 aliphatic heterocycles. The second-order valence-corrected chi connectivity index (χ2v) is 13.8. The average Bonchev–Trinajstić information content (AvgIpc) is 3.01. The van der Waals surface area contributed by atoms with Gasteiger partial charge in [0.1, 0.15) is 5.82 Å². The quantitative estimate of drug-likeness (QED) is 0.298. The highest BCUT2D eigenvalue weighted by Gasteiger charge is 2.27. The van der Waals surface area contributed by atoms with Crippen LogP contribution in [0.5, 0.6) is 0 Å². The maximum Gasteiger partial charge on any atom is 0.229 e. The number of anilines is 2. The van der Waals surface area contributed by atoms with Crippen molar-refractivity contribution >= 4 is 32.6 Å². The summed E-state index contributed by atoms with van der Waals surface area (Å²) in [5.41, 5.74) is 5.29. The second-order valence-electron chi connectivity index (χ2n) is 11.7. The summed E-state index contributed by atoms with van der Waals surface area (Å²) in [5.74, 6) is 1.23. The number of hydrogen-bond acceptors (Lipinski definition) is 10. The Morgan fingerprint density at radius 1 is 0.841 bits per heavy atom. The van der Waals surface area contributed by atoms with Gasteiger partial charge in [0, 0.05) is 18.7 Å². The predicted molar refractivity (Wildman–Crippen MR) is 172 cm³/mol. The maximum atomic E-state index is 12.2. The first-order valence-corrected chi connectivity index (χ1v) is 17.0. The molecule has 10 nitrogen and oxygen atoms in total. The Morgan fingerprint density at radius 2 is 1.52 bits per heavy atom. The SMILES string of the molecule is C[C@H]1COCCN1c1nc(N2CCOC[C@@H]2C)c2ccc(-c3cccc(Cc4cccc(CS(=O)(=O)CCO)c4)c3)nc2n1. The number of rotatable bonds is 9. The minimum Gasteiger partial charge on any atom is -0.395 e. The van der Waals surface area contributed by atoms with E-state index in [1.807, 2.05) is 42.5 Å². The minimum absolute atomic E-state index is 0.0826. The zero-order valence-electron chi connectivity index (χ0n) is 25.2. The molecule has 2 aromatic carbocycles. The number of sulfone groups is 1. The number of fused-ring (bicyclic) bond motifs is 1. The normalized spacial score (nSPS) is 19.4. The second kappa shape index (κ2) is 13.2. The highest BCUT2D eigenvalue weighted by Crippen LogP contribution is 2.31. The van der Waals surface area contributed by atoms with Gasteiger partial charge in [0.2, 0.25) is 5.95 Å². The van der Waals surface area contributed by atoms with Crippen molar-refractivity contribution in [2.24, 2.45) is 0 Å². The molecule has 2 aliphatic rings. The van der Waals surface area contributed by atoms with E-state index in [1.54, 1.807) is 0 Å². The number of hydrogen-bond donors (Lipinski definition) is 1. The number of aliphatic hydroxyl groups is 1. The minimum atomic E-state index is -3.35. The van der Waals surface area contributed by atoms with Gasteiger partial charge < -0.3 is 24.4 Å². The fourth-order valence-electron chi connectivity index (χ4n) is 5.93. The van der Waals surface area contributed by atoms with Crippen LogP contribution in [0, 0.1) is 0 Å². The molecular formula is C33H39N5O5S. The summed E-state index contributed by atoms with van der Waals surface area (Å²) in [7, 11) is -3.35. The number of pyridine rings is 1. The first kappa shape index (κ1) is 30.4. The van der Waals surface area contributed by atoms with Crippen LogP contribution in [-0.4, -0.2) is 92.4 Å². The Bertz CT molecular complexity index is 1730. The standard InChI is InChI=1S/C33H39N5O5S/c1-23-20-42-14-11-37(23)32-29-9-10-30(34-31(29)35-33(36-32)38-12-15-43-21-24(38)2)28-8-4-6-26(19-28)17-25-5-3-7-27(18-25)22-44(40,41)16-13-39/h3-10,18-19,23-24,39H,11-17,20-22H2,1-2H3/t23-,24-/m0/s1. The number of aliphatic hydroxyl groups excluding tert-OH is 1. The Morgan fingerprint density at radius 3 is 2.25 bits per heavy atom. The third-order valence-electron chi connectivity index (χ3n) is 8.20. The van der Waals surface area contributed by atoms with Crippen LogP contribution in [-0.2, 0) is 31.5 Å². The molecule has 0 radical (unpaired) electrons. The third kappa shape index (κ3) is 6.86. The molecule has 0 amide bonds. The zero-order valence-corrected chi connectivity index (χ0v) is 26.0. The lowest BCUT2D eigenvalue weighted by atomic mass is 10.00. The topological polar surface area (TPSA) is 118 Å². The molecule has 4 heterocycles. The largest absolute Gasteiger partial charge is 0.395 e. The average molecular weight is 618 g/mol. The number of ether oxygens (including phenoxy) is 2. The smallest absolute Gasteiger partial charge is 0.229 e. The fourth-order valence-corrected chi connectivity index (χ4v) is 7.04. The molecule has 44 heavy (non-hydrogen) atoms. The van der Waals surface area contributed by atoms with Gasteiger partial charge in [-0.1, -0.05) is 42.5 Å². The summed E-state index contributed by atoms with van der Waals surface area (Å²) in [6.45, 7) is 7.95. The molecule has 4 aromatic rings. The van der Waals surface area contributed by atoms with Crippen molar-refractivity contribution in [3.05, 3.63) is 77.4 Å². The van der Waals surface area contributed by atoms with Crippen LogP contribution in [0.4, 0.5) is 11.8 Å². The van der Waals surface area contributed by atoms with Gasteiger partial charge in [0.05, 0.1) is 67.7 Å². The first-order chi connectivity index (χ1) is 21.3. The predicted octanol–water partition coefficient (Wildman–Crippen LogP) is 3.64. The van der Waals surface area contributed by atoms with Crippen molar-refractivity contribution < 1.29 is 23.0 Å².